The SMILES string of the molecule is Nc1ncnc2c1ncn2[C@@H]1O[C@H](COP(O)(O)=S)[C@@H](OP(=O)(O)O)[C@H]1O. The number of nitrogens with zero attached hydrogens (tertiary/aromatic N) is 4. The summed E-state index contributed by atoms with van der Waals surface area (Å²) in [4.78, 5) is 48.3. The van der Waals surface area contributed by atoms with Gasteiger partial charge in [-0.05, 0) is 11.8 Å². The van der Waals surface area contributed by atoms with E-state index in [1.807, 2.05) is 0 Å². The van der Waals surface area contributed by atoms with Crippen LogP contribution in [0.25, 0.3) is 11.2 Å². The first-order chi connectivity index (χ1) is 12.5. The van der Waals surface area contributed by atoms with E-state index in [-0.39, 0.29) is 17.0 Å². The fourth-order valence-corrected chi connectivity index (χ4v) is 3.70. The highest BCUT2D eigenvalue weighted by molar-refractivity contribution is 8.06. The summed E-state index contributed by atoms with van der Waals surface area (Å²) < 4.78 is 27.3. The second-order valence-electron chi connectivity index (χ2n) is 5.49. The first-order valence-corrected chi connectivity index (χ1v) is 11.3. The van der Waals surface area contributed by atoms with Gasteiger partial charge in [-0.25, -0.2) is 19.5 Å². The molecule has 0 saturated carbocycles. The highest BCUT2D eigenvalue weighted by Crippen LogP contribution is 2.45. The van der Waals surface area contributed by atoms with Gasteiger partial charge in [-0.15, -0.1) is 0 Å². The summed E-state index contributed by atoms with van der Waals surface area (Å²) in [5, 5.41) is 10.5. The van der Waals surface area contributed by atoms with Gasteiger partial charge < -0.3 is 39.7 Å². The van der Waals surface area contributed by atoms with E-state index in [1.165, 1.54) is 10.9 Å². The molecule has 0 radical (unpaired) electrons. The number of imidazole rings is 1. The number of hydrogen-bond acceptors (Lipinski definition) is 10. The second kappa shape index (κ2) is 7.39. The zero-order valence-corrected chi connectivity index (χ0v) is 15.8. The van der Waals surface area contributed by atoms with Gasteiger partial charge in [0, 0.05) is 0 Å². The molecular weight excluding hydrogens is 428 g/mol. The van der Waals surface area contributed by atoms with Crippen molar-refractivity contribution in [1.82, 2.24) is 19.5 Å². The maximum Gasteiger partial charge on any atom is 0.470 e. The van der Waals surface area contributed by atoms with Crippen LogP contribution < -0.4 is 5.73 Å². The lowest BCUT2D eigenvalue weighted by molar-refractivity contribution is -0.0485. The number of fused-ring (bicyclic) bond motifs is 1. The first-order valence-electron chi connectivity index (χ1n) is 7.17. The second-order valence-corrected chi connectivity index (χ2v) is 9.34. The average molecular weight is 443 g/mol. The van der Waals surface area contributed by atoms with Crippen molar-refractivity contribution >= 4 is 43.3 Å². The Morgan fingerprint density at radius 1 is 1.30 bits per heavy atom. The number of aliphatic hydroxyl groups is 1. The van der Waals surface area contributed by atoms with E-state index in [1.54, 1.807) is 0 Å². The summed E-state index contributed by atoms with van der Waals surface area (Å²) >= 11 is 4.33. The number of nitrogen functional groups attached to an aromatic ring is 1. The van der Waals surface area contributed by atoms with Gasteiger partial charge in [0.15, 0.2) is 17.7 Å². The number of aromatic nitrogens is 4. The lowest BCUT2D eigenvalue weighted by Gasteiger charge is -2.21. The van der Waals surface area contributed by atoms with Crippen LogP contribution in [0.3, 0.4) is 0 Å². The molecule has 150 valence electrons. The van der Waals surface area contributed by atoms with Crippen molar-refractivity contribution in [1.29, 1.82) is 0 Å². The van der Waals surface area contributed by atoms with Crippen LogP contribution in [-0.4, -0.2) is 69.1 Å². The number of anilines is 1. The van der Waals surface area contributed by atoms with Crippen molar-refractivity contribution in [3.63, 3.8) is 0 Å². The monoisotopic (exact) mass is 443 g/mol. The Labute approximate surface area is 156 Å². The molecule has 17 heteroatoms. The zero-order valence-electron chi connectivity index (χ0n) is 13.2. The number of rotatable bonds is 6. The third-order valence-electron chi connectivity index (χ3n) is 3.64. The standard InChI is InChI=1S/C10H15N5O9P2S/c11-8-5-9(13-2-12-8)15(3-14-5)10-6(16)7(24-25(17,18)19)4(23-10)1-22-26(20,21)27/h2-4,6-7,10,16H,1H2,(H2,11,12,13)(H2,17,18,19)(H2,20,21,27)/t4-,6-,7-,10-/m1/s1. The van der Waals surface area contributed by atoms with Crippen molar-refractivity contribution in [3.8, 4) is 0 Å². The smallest absolute Gasteiger partial charge is 0.386 e. The van der Waals surface area contributed by atoms with Crippen LogP contribution in [0.5, 0.6) is 0 Å². The summed E-state index contributed by atoms with van der Waals surface area (Å²) in [7, 11) is -5.02. The van der Waals surface area contributed by atoms with Crippen LogP contribution in [0.2, 0.25) is 0 Å². The van der Waals surface area contributed by atoms with Crippen LogP contribution >= 0.6 is 14.5 Å². The highest BCUT2D eigenvalue weighted by Gasteiger charge is 2.49. The predicted molar refractivity (Wildman–Crippen MR) is 91.2 cm³/mol. The molecule has 1 aliphatic rings. The minimum atomic E-state index is -5.02. The molecule has 0 aliphatic carbocycles. The molecule has 7 N–H and O–H groups in total. The molecule has 2 aromatic heterocycles. The van der Waals surface area contributed by atoms with Gasteiger partial charge in [0.2, 0.25) is 0 Å². The van der Waals surface area contributed by atoms with Gasteiger partial charge in [0.25, 0.3) is 0 Å². The Morgan fingerprint density at radius 2 is 2.00 bits per heavy atom. The molecule has 1 saturated heterocycles. The molecule has 0 amide bonds. The lowest BCUT2D eigenvalue weighted by atomic mass is 10.1. The number of phosphoric acid groups is 1. The summed E-state index contributed by atoms with van der Waals surface area (Å²) in [6.45, 7) is -4.68. The Kier molecular flexibility index (Phi) is 5.65. The molecule has 27 heavy (non-hydrogen) atoms. The third kappa shape index (κ3) is 4.67. The van der Waals surface area contributed by atoms with Gasteiger partial charge in [-0.1, -0.05) is 0 Å². The van der Waals surface area contributed by atoms with Gasteiger partial charge in [-0.2, -0.15) is 0 Å². The van der Waals surface area contributed by atoms with E-state index in [0.29, 0.717) is 0 Å². The quantitative estimate of drug-likeness (QED) is 0.276. The van der Waals surface area contributed by atoms with Gasteiger partial charge in [0.05, 0.1) is 12.9 Å². The van der Waals surface area contributed by atoms with Crippen LogP contribution in [-0.2, 0) is 30.2 Å². The van der Waals surface area contributed by atoms with E-state index < -0.39 is 45.7 Å². The topological polar surface area (TPSA) is 216 Å². The van der Waals surface area contributed by atoms with Crippen molar-refractivity contribution in [2.45, 2.75) is 24.5 Å². The fraction of sp³-hybridized carbons (Fsp3) is 0.500. The Morgan fingerprint density at radius 3 is 2.63 bits per heavy atom. The molecule has 14 nitrogen and oxygen atoms in total. The first kappa shape index (κ1) is 20.6. The van der Waals surface area contributed by atoms with E-state index >= 15 is 0 Å². The molecule has 0 bridgehead atoms. The minimum absolute atomic E-state index is 0.0791. The van der Waals surface area contributed by atoms with Crippen molar-refractivity contribution in [3.05, 3.63) is 12.7 Å². The summed E-state index contributed by atoms with van der Waals surface area (Å²) in [6, 6.07) is 0. The van der Waals surface area contributed by atoms with Crippen molar-refractivity contribution in [2.75, 3.05) is 12.3 Å². The molecular formula is C10H15N5O9P2S. The number of ether oxygens (including phenoxy) is 1. The zero-order chi connectivity index (χ0) is 20.0. The maximum absolute atomic E-state index is 11.2. The molecule has 1 fully saturated rings. The molecule has 0 spiro atoms. The molecule has 3 rings (SSSR count). The maximum atomic E-state index is 11.2. The summed E-state index contributed by atoms with van der Waals surface area (Å²) in [6.07, 6.45) is -3.32. The van der Waals surface area contributed by atoms with E-state index in [2.05, 4.69) is 35.8 Å². The molecule has 3 heterocycles. The van der Waals surface area contributed by atoms with Crippen molar-refractivity contribution in [2.24, 2.45) is 0 Å². The highest BCUT2D eigenvalue weighted by atomic mass is 32.5. The molecule has 4 atom stereocenters. The normalized spacial score (nSPS) is 26.7. The summed E-state index contributed by atoms with van der Waals surface area (Å²) in [5.41, 5.74) is 6.11. The van der Waals surface area contributed by atoms with Gasteiger partial charge >= 0.3 is 14.5 Å². The number of nitrogens with two attached hydrogens (primary N) is 1. The van der Waals surface area contributed by atoms with Crippen LogP contribution in [0.4, 0.5) is 5.82 Å². The minimum Gasteiger partial charge on any atom is -0.386 e. The van der Waals surface area contributed by atoms with Gasteiger partial charge in [0.1, 0.15) is 30.2 Å². The van der Waals surface area contributed by atoms with Crippen molar-refractivity contribution < 1.29 is 43.0 Å². The van der Waals surface area contributed by atoms with Crippen LogP contribution in [0, 0.1) is 0 Å². The van der Waals surface area contributed by atoms with E-state index in [4.69, 9.17) is 20.3 Å². The van der Waals surface area contributed by atoms with Crippen LogP contribution in [0.1, 0.15) is 6.23 Å². The van der Waals surface area contributed by atoms with E-state index in [9.17, 15) is 19.5 Å². The van der Waals surface area contributed by atoms with Crippen LogP contribution in [0.15, 0.2) is 12.7 Å². The Bertz CT molecular complexity index is 931. The lowest BCUT2D eigenvalue weighted by Crippen LogP contribution is -2.35. The summed E-state index contributed by atoms with van der Waals surface area (Å²) in [5.74, 6) is 0.0791. The van der Waals surface area contributed by atoms with E-state index in [0.717, 1.165) is 6.33 Å². The molecule has 0 unspecified atom stereocenters. The Hall–Kier alpha value is -1.09. The molecule has 2 aromatic rings. The fourth-order valence-electron chi connectivity index (χ4n) is 2.60. The molecule has 1 aliphatic heterocycles. The average Bonchev–Trinajstić information content (AvgIpc) is 3.07. The third-order valence-corrected chi connectivity index (χ3v) is 4.96. The molecule has 0 aromatic carbocycles. The van der Waals surface area contributed by atoms with Gasteiger partial charge in [-0.3, -0.25) is 9.09 Å². The number of phosphoric ester groups is 1. The number of aliphatic hydroxyl groups excluding tert-OH is 1. The Balaban J connectivity index is 1.93. The number of hydrogen-bond donors (Lipinski definition) is 6. The largest absolute Gasteiger partial charge is 0.470 e. The predicted octanol–water partition coefficient (Wildman–Crippen LogP) is -1.63.